The first-order valence-electron chi connectivity index (χ1n) is 11.9. The van der Waals surface area contributed by atoms with Gasteiger partial charge in [-0.2, -0.15) is 18.2 Å². The van der Waals surface area contributed by atoms with Crippen molar-refractivity contribution in [3.63, 3.8) is 0 Å². The third-order valence-corrected chi connectivity index (χ3v) is 6.28. The third-order valence-electron chi connectivity index (χ3n) is 6.28. The number of hydrogen-bond donors (Lipinski definition) is 2. The Kier molecular flexibility index (Phi) is 8.74. The smallest absolute Gasteiger partial charge is 0.370 e. The van der Waals surface area contributed by atoms with E-state index in [1.807, 2.05) is 0 Å². The maximum Gasteiger partial charge on any atom is 0.416 e. The molecule has 0 bridgehead atoms. The molecule has 0 radical (unpaired) electrons. The zero-order valence-electron chi connectivity index (χ0n) is 19.3. The Morgan fingerprint density at radius 2 is 1.91 bits per heavy atom. The SMILES string of the molecule is CCCCCCCCCc1ccc(-c2noc(C3CCCN(C(=N)N)C3)n2)cc1C(F)(F)F. The van der Waals surface area contributed by atoms with Crippen LogP contribution in [0.25, 0.3) is 11.4 Å². The number of nitrogens with two attached hydrogens (primary N) is 1. The zero-order chi connectivity index (χ0) is 23.8. The van der Waals surface area contributed by atoms with Gasteiger partial charge in [0.2, 0.25) is 11.7 Å². The Hall–Kier alpha value is -2.58. The van der Waals surface area contributed by atoms with Crippen molar-refractivity contribution in [2.75, 3.05) is 13.1 Å². The molecule has 0 spiro atoms. The van der Waals surface area contributed by atoms with Gasteiger partial charge in [0.25, 0.3) is 0 Å². The fourth-order valence-electron chi connectivity index (χ4n) is 4.39. The number of likely N-dealkylation sites (tertiary alicyclic amines) is 1. The second-order valence-corrected chi connectivity index (χ2v) is 8.87. The molecule has 2 aromatic rings. The lowest BCUT2D eigenvalue weighted by atomic mass is 9.97. The molecule has 0 amide bonds. The average Bonchev–Trinajstić information content (AvgIpc) is 3.28. The molecule has 9 heteroatoms. The molecule has 1 aromatic heterocycles. The topological polar surface area (TPSA) is 92.0 Å². The number of unbranched alkanes of at least 4 members (excludes halogenated alkanes) is 6. The van der Waals surface area contributed by atoms with Gasteiger partial charge in [0.15, 0.2) is 5.96 Å². The Balaban J connectivity index is 1.68. The van der Waals surface area contributed by atoms with Crippen LogP contribution in [-0.2, 0) is 12.6 Å². The number of piperidine rings is 1. The van der Waals surface area contributed by atoms with E-state index < -0.39 is 11.7 Å². The van der Waals surface area contributed by atoms with Crippen LogP contribution in [0.3, 0.4) is 0 Å². The van der Waals surface area contributed by atoms with Crippen LogP contribution in [0.1, 0.15) is 87.6 Å². The molecule has 33 heavy (non-hydrogen) atoms. The Labute approximate surface area is 193 Å². The number of halogens is 3. The predicted molar refractivity (Wildman–Crippen MR) is 122 cm³/mol. The van der Waals surface area contributed by atoms with Crippen LogP contribution in [0.4, 0.5) is 13.2 Å². The molecule has 3 N–H and O–H groups in total. The van der Waals surface area contributed by atoms with E-state index in [0.717, 1.165) is 44.6 Å². The summed E-state index contributed by atoms with van der Waals surface area (Å²) in [5, 5.41) is 11.6. The highest BCUT2D eigenvalue weighted by Gasteiger charge is 2.34. The minimum atomic E-state index is -4.44. The van der Waals surface area contributed by atoms with Crippen molar-refractivity contribution in [1.82, 2.24) is 15.0 Å². The summed E-state index contributed by atoms with van der Waals surface area (Å²) in [5.41, 5.74) is 5.56. The summed E-state index contributed by atoms with van der Waals surface area (Å²) in [7, 11) is 0. The van der Waals surface area contributed by atoms with Gasteiger partial charge < -0.3 is 15.2 Å². The summed E-state index contributed by atoms with van der Waals surface area (Å²) in [5.74, 6) is 0.419. The molecular formula is C24H34F3N5O. The van der Waals surface area contributed by atoms with Crippen LogP contribution in [0.2, 0.25) is 0 Å². The average molecular weight is 466 g/mol. The van der Waals surface area contributed by atoms with E-state index in [-0.39, 0.29) is 17.7 Å². The minimum absolute atomic E-state index is 0.00851. The molecule has 1 aliphatic rings. The van der Waals surface area contributed by atoms with Gasteiger partial charge >= 0.3 is 6.18 Å². The molecule has 1 atom stereocenters. The molecule has 1 saturated heterocycles. The van der Waals surface area contributed by atoms with Gasteiger partial charge in [-0.25, -0.2) is 0 Å². The van der Waals surface area contributed by atoms with Gasteiger partial charge in [0.05, 0.1) is 11.5 Å². The maximum absolute atomic E-state index is 13.8. The predicted octanol–water partition coefficient (Wildman–Crippen LogP) is 6.12. The van der Waals surface area contributed by atoms with Gasteiger partial charge in [-0.05, 0) is 37.3 Å². The van der Waals surface area contributed by atoms with Crippen molar-refractivity contribution in [3.8, 4) is 11.4 Å². The van der Waals surface area contributed by atoms with Crippen molar-refractivity contribution < 1.29 is 17.7 Å². The van der Waals surface area contributed by atoms with Crippen LogP contribution >= 0.6 is 0 Å². The maximum atomic E-state index is 13.8. The number of benzene rings is 1. The number of nitrogens with one attached hydrogen (secondary N) is 1. The normalized spacial score (nSPS) is 16.8. The number of aromatic nitrogens is 2. The van der Waals surface area contributed by atoms with Gasteiger partial charge in [0.1, 0.15) is 0 Å². The highest BCUT2D eigenvalue weighted by Crippen LogP contribution is 2.36. The monoisotopic (exact) mass is 465 g/mol. The number of aryl methyl sites for hydroxylation is 1. The number of nitrogens with zero attached hydrogens (tertiary/aromatic N) is 3. The Bertz CT molecular complexity index is 912. The van der Waals surface area contributed by atoms with Gasteiger partial charge in [-0.1, -0.05) is 62.7 Å². The molecule has 1 aliphatic heterocycles. The summed E-state index contributed by atoms with van der Waals surface area (Å²) < 4.78 is 46.7. The molecule has 1 aromatic carbocycles. The van der Waals surface area contributed by atoms with Crippen molar-refractivity contribution in [2.45, 2.75) is 83.2 Å². The standard InChI is InChI=1S/C24H34F3N5O/c1-2-3-4-5-6-7-8-10-17-12-13-18(15-20(17)24(25,26)27)21-30-22(33-31-21)19-11-9-14-32(16-19)23(28)29/h12-13,15,19H,2-11,14,16H2,1H3,(H3,28,29). The first-order chi connectivity index (χ1) is 15.8. The summed E-state index contributed by atoms with van der Waals surface area (Å²) in [4.78, 5) is 6.11. The molecular weight excluding hydrogens is 431 g/mol. The summed E-state index contributed by atoms with van der Waals surface area (Å²) in [6.45, 7) is 3.35. The largest absolute Gasteiger partial charge is 0.416 e. The molecule has 0 aliphatic carbocycles. The van der Waals surface area contributed by atoms with Crippen LogP contribution < -0.4 is 5.73 Å². The van der Waals surface area contributed by atoms with Gasteiger partial charge in [0, 0.05) is 18.7 Å². The lowest BCUT2D eigenvalue weighted by Crippen LogP contribution is -2.42. The minimum Gasteiger partial charge on any atom is -0.370 e. The first kappa shape index (κ1) is 25.1. The van der Waals surface area contributed by atoms with Crippen LogP contribution in [0.15, 0.2) is 22.7 Å². The van der Waals surface area contributed by atoms with Crippen LogP contribution in [-0.4, -0.2) is 34.1 Å². The van der Waals surface area contributed by atoms with E-state index >= 15 is 0 Å². The summed E-state index contributed by atoms with van der Waals surface area (Å²) >= 11 is 0. The molecule has 1 fully saturated rings. The zero-order valence-corrected chi connectivity index (χ0v) is 19.3. The lowest BCUT2D eigenvalue weighted by Gasteiger charge is -2.30. The van der Waals surface area contributed by atoms with Crippen LogP contribution in [0, 0.1) is 5.41 Å². The van der Waals surface area contributed by atoms with E-state index in [1.54, 1.807) is 17.0 Å². The highest BCUT2D eigenvalue weighted by molar-refractivity contribution is 5.74. The molecule has 1 unspecified atom stereocenters. The van der Waals surface area contributed by atoms with Crippen molar-refractivity contribution in [3.05, 3.63) is 35.2 Å². The fourth-order valence-corrected chi connectivity index (χ4v) is 4.39. The number of alkyl halides is 3. The molecule has 3 rings (SSSR count). The number of hydrogen-bond acceptors (Lipinski definition) is 4. The molecule has 0 saturated carbocycles. The van der Waals surface area contributed by atoms with Gasteiger partial charge in [-0.3, -0.25) is 5.41 Å². The Morgan fingerprint density at radius 1 is 1.18 bits per heavy atom. The summed E-state index contributed by atoms with van der Waals surface area (Å²) in [6.07, 6.45) is 5.08. The van der Waals surface area contributed by atoms with E-state index in [1.165, 1.54) is 19.3 Å². The highest BCUT2D eigenvalue weighted by atomic mass is 19.4. The van der Waals surface area contributed by atoms with E-state index in [4.69, 9.17) is 15.7 Å². The van der Waals surface area contributed by atoms with Crippen molar-refractivity contribution in [1.29, 1.82) is 5.41 Å². The van der Waals surface area contributed by atoms with E-state index in [2.05, 4.69) is 17.1 Å². The fraction of sp³-hybridized carbons (Fsp3) is 0.625. The summed E-state index contributed by atoms with van der Waals surface area (Å²) in [6, 6.07) is 4.32. The quantitative estimate of drug-likeness (QED) is 0.250. The first-order valence-corrected chi connectivity index (χ1v) is 11.9. The third kappa shape index (κ3) is 6.95. The Morgan fingerprint density at radius 3 is 2.61 bits per heavy atom. The second kappa shape index (κ2) is 11.5. The van der Waals surface area contributed by atoms with Crippen LogP contribution in [0.5, 0.6) is 0 Å². The second-order valence-electron chi connectivity index (χ2n) is 8.87. The number of rotatable bonds is 10. The molecule has 182 valence electrons. The molecule has 6 nitrogen and oxygen atoms in total. The number of guanidine groups is 1. The van der Waals surface area contributed by atoms with Crippen molar-refractivity contribution in [2.24, 2.45) is 5.73 Å². The van der Waals surface area contributed by atoms with Gasteiger partial charge in [-0.15, -0.1) is 0 Å². The lowest BCUT2D eigenvalue weighted by molar-refractivity contribution is -0.138. The molecule has 2 heterocycles. The van der Waals surface area contributed by atoms with Crippen molar-refractivity contribution >= 4 is 5.96 Å². The van der Waals surface area contributed by atoms with E-state index in [9.17, 15) is 13.2 Å². The van der Waals surface area contributed by atoms with E-state index in [0.29, 0.717) is 36.5 Å².